The Morgan fingerprint density at radius 3 is 2.50 bits per heavy atom. The number of alkyl halides is 3. The predicted molar refractivity (Wildman–Crippen MR) is 169 cm³/mol. The number of carbonyl (C=O) groups excluding carboxylic acids is 2. The van der Waals surface area contributed by atoms with Gasteiger partial charge in [-0.3, -0.25) is 14.5 Å². The quantitative estimate of drug-likeness (QED) is 0.205. The van der Waals surface area contributed by atoms with Gasteiger partial charge in [-0.2, -0.15) is 13.2 Å². The average molecular weight is 651 g/mol. The van der Waals surface area contributed by atoms with Crippen LogP contribution < -0.4 is 20.3 Å². The molecule has 0 radical (unpaired) electrons. The molecule has 0 unspecified atom stereocenters. The lowest BCUT2D eigenvalue weighted by Gasteiger charge is -2.29. The largest absolute Gasteiger partial charge is 0.492 e. The first-order chi connectivity index (χ1) is 22.1. The summed E-state index contributed by atoms with van der Waals surface area (Å²) < 4.78 is 45.2. The van der Waals surface area contributed by atoms with Crippen LogP contribution in [0.15, 0.2) is 72.9 Å². The van der Waals surface area contributed by atoms with E-state index in [4.69, 9.17) is 16.3 Å². The SMILES string of the molecule is O=C(Nc1ccc(Cl)c(N2CCc3nc(Nc4ccc(OCCN5CCCC5)cc4)ncc3C2=O)c1)c1cccc(C(F)(F)F)c1. The number of ether oxygens (including phenoxy) is 1. The van der Waals surface area contributed by atoms with Crippen LogP contribution in [0.1, 0.15) is 44.8 Å². The first kappa shape index (κ1) is 31.3. The van der Waals surface area contributed by atoms with Gasteiger partial charge in [0, 0.05) is 42.6 Å². The number of rotatable bonds is 9. The van der Waals surface area contributed by atoms with Gasteiger partial charge in [0.15, 0.2) is 0 Å². The number of anilines is 4. The fraction of sp³-hybridized carbons (Fsp3) is 0.273. The van der Waals surface area contributed by atoms with Gasteiger partial charge >= 0.3 is 6.18 Å². The third kappa shape index (κ3) is 7.24. The molecule has 3 aromatic carbocycles. The maximum absolute atomic E-state index is 13.5. The Morgan fingerprint density at radius 1 is 0.978 bits per heavy atom. The third-order valence-corrected chi connectivity index (χ3v) is 8.17. The molecule has 46 heavy (non-hydrogen) atoms. The number of hydrogen-bond acceptors (Lipinski definition) is 7. The zero-order valence-corrected chi connectivity index (χ0v) is 25.4. The van der Waals surface area contributed by atoms with Crippen molar-refractivity contribution >= 4 is 46.4 Å². The molecule has 2 aliphatic heterocycles. The van der Waals surface area contributed by atoms with Gasteiger partial charge in [-0.25, -0.2) is 9.97 Å². The third-order valence-electron chi connectivity index (χ3n) is 7.85. The zero-order valence-electron chi connectivity index (χ0n) is 24.6. The van der Waals surface area contributed by atoms with Crippen LogP contribution in [-0.2, 0) is 12.6 Å². The number of carbonyl (C=O) groups is 2. The molecule has 6 rings (SSSR count). The fourth-order valence-corrected chi connectivity index (χ4v) is 5.66. The molecule has 0 bridgehead atoms. The molecule has 2 aliphatic rings. The molecule has 3 heterocycles. The van der Waals surface area contributed by atoms with Crippen LogP contribution in [0.2, 0.25) is 5.02 Å². The van der Waals surface area contributed by atoms with Gasteiger partial charge in [0.2, 0.25) is 5.95 Å². The van der Waals surface area contributed by atoms with Crippen molar-refractivity contribution in [2.24, 2.45) is 0 Å². The smallest absolute Gasteiger partial charge is 0.416 e. The molecule has 0 spiro atoms. The van der Waals surface area contributed by atoms with E-state index in [1.54, 1.807) is 0 Å². The Hall–Kier alpha value is -4.68. The zero-order chi connectivity index (χ0) is 32.3. The number of likely N-dealkylation sites (tertiary alicyclic amines) is 1. The molecule has 4 aromatic rings. The minimum absolute atomic E-state index is 0.159. The first-order valence-electron chi connectivity index (χ1n) is 14.8. The Kier molecular flexibility index (Phi) is 9.09. The highest BCUT2D eigenvalue weighted by molar-refractivity contribution is 6.34. The molecule has 0 aliphatic carbocycles. The average Bonchev–Trinajstić information content (AvgIpc) is 3.56. The number of fused-ring (bicyclic) bond motifs is 1. The normalized spacial score (nSPS) is 15.0. The molecule has 0 saturated carbocycles. The van der Waals surface area contributed by atoms with Crippen LogP contribution in [0.25, 0.3) is 0 Å². The summed E-state index contributed by atoms with van der Waals surface area (Å²) in [5.41, 5.74) is 1.17. The van der Waals surface area contributed by atoms with E-state index in [1.165, 1.54) is 54.3 Å². The summed E-state index contributed by atoms with van der Waals surface area (Å²) in [6.07, 6.45) is -0.208. The Balaban J connectivity index is 1.10. The van der Waals surface area contributed by atoms with Crippen molar-refractivity contribution in [2.75, 3.05) is 48.3 Å². The highest BCUT2D eigenvalue weighted by Crippen LogP contribution is 2.34. The van der Waals surface area contributed by atoms with Gasteiger partial charge in [0.05, 0.1) is 27.5 Å². The van der Waals surface area contributed by atoms with Crippen molar-refractivity contribution < 1.29 is 27.5 Å². The Morgan fingerprint density at radius 2 is 1.74 bits per heavy atom. The summed E-state index contributed by atoms with van der Waals surface area (Å²) in [6, 6.07) is 16.2. The summed E-state index contributed by atoms with van der Waals surface area (Å²) in [4.78, 5) is 39.0. The predicted octanol–water partition coefficient (Wildman–Crippen LogP) is 6.82. The summed E-state index contributed by atoms with van der Waals surface area (Å²) in [5.74, 6) is 0.0223. The summed E-state index contributed by atoms with van der Waals surface area (Å²) in [5, 5.41) is 6.01. The van der Waals surface area contributed by atoms with Gasteiger partial charge in [-0.15, -0.1) is 0 Å². The van der Waals surface area contributed by atoms with E-state index in [0.717, 1.165) is 43.2 Å². The molecule has 2 N–H and O–H groups in total. The monoisotopic (exact) mass is 650 g/mol. The van der Waals surface area contributed by atoms with Gasteiger partial charge in [0.25, 0.3) is 11.8 Å². The van der Waals surface area contributed by atoms with Crippen LogP contribution in [0.3, 0.4) is 0 Å². The van der Waals surface area contributed by atoms with Crippen molar-refractivity contribution in [1.82, 2.24) is 14.9 Å². The summed E-state index contributed by atoms with van der Waals surface area (Å²) >= 11 is 6.45. The summed E-state index contributed by atoms with van der Waals surface area (Å²) in [7, 11) is 0. The lowest BCUT2D eigenvalue weighted by atomic mass is 10.1. The summed E-state index contributed by atoms with van der Waals surface area (Å²) in [6.45, 7) is 4.07. The number of nitrogens with one attached hydrogen (secondary N) is 2. The molecular formula is C33H30ClF3N6O3. The Labute approximate surface area is 268 Å². The van der Waals surface area contributed by atoms with Crippen LogP contribution in [0, 0.1) is 0 Å². The maximum Gasteiger partial charge on any atom is 0.416 e. The van der Waals surface area contributed by atoms with Gasteiger partial charge in [-0.05, 0) is 86.6 Å². The van der Waals surface area contributed by atoms with Gasteiger partial charge < -0.3 is 20.3 Å². The molecule has 13 heteroatoms. The van der Waals surface area contributed by atoms with Crippen molar-refractivity contribution in [2.45, 2.75) is 25.4 Å². The van der Waals surface area contributed by atoms with Crippen molar-refractivity contribution in [3.05, 3.63) is 100 Å². The number of hydrogen-bond donors (Lipinski definition) is 2. The van der Waals surface area contributed by atoms with E-state index in [0.29, 0.717) is 35.9 Å². The molecule has 1 aromatic heterocycles. The number of benzene rings is 3. The fourth-order valence-electron chi connectivity index (χ4n) is 5.44. The van der Waals surface area contributed by atoms with Crippen LogP contribution >= 0.6 is 11.6 Å². The van der Waals surface area contributed by atoms with E-state index < -0.39 is 17.6 Å². The second kappa shape index (κ2) is 13.4. The molecule has 0 atom stereocenters. The van der Waals surface area contributed by atoms with E-state index in [1.807, 2.05) is 24.3 Å². The van der Waals surface area contributed by atoms with Crippen LogP contribution in [0.4, 0.5) is 36.2 Å². The minimum atomic E-state index is -4.58. The van der Waals surface area contributed by atoms with E-state index in [9.17, 15) is 22.8 Å². The Bertz CT molecular complexity index is 1750. The maximum atomic E-state index is 13.5. The van der Waals surface area contributed by atoms with Crippen molar-refractivity contribution in [3.8, 4) is 5.75 Å². The van der Waals surface area contributed by atoms with Crippen molar-refractivity contribution in [3.63, 3.8) is 0 Å². The van der Waals surface area contributed by atoms with E-state index >= 15 is 0 Å². The molecule has 2 amide bonds. The van der Waals surface area contributed by atoms with Gasteiger partial charge in [-0.1, -0.05) is 17.7 Å². The van der Waals surface area contributed by atoms with Gasteiger partial charge in [0.1, 0.15) is 12.4 Å². The van der Waals surface area contributed by atoms with E-state index in [-0.39, 0.29) is 28.7 Å². The van der Waals surface area contributed by atoms with Crippen LogP contribution in [-0.4, -0.2) is 59.5 Å². The number of nitrogens with zero attached hydrogens (tertiary/aromatic N) is 4. The van der Waals surface area contributed by atoms with E-state index in [2.05, 4.69) is 25.5 Å². The number of halogens is 4. The highest BCUT2D eigenvalue weighted by Gasteiger charge is 2.31. The standard InChI is InChI=1S/C33H30ClF3N6O3/c34-27-11-8-24(39-30(44)21-4-3-5-22(18-21)33(35,36)37)19-29(27)43-15-12-28-26(31(43)45)20-38-32(41-28)40-23-6-9-25(10-7-23)46-17-16-42-13-1-2-14-42/h3-11,18-20H,1-2,12-17H2,(H,39,44)(H,38,40,41). The lowest BCUT2D eigenvalue weighted by molar-refractivity contribution is -0.137. The highest BCUT2D eigenvalue weighted by atomic mass is 35.5. The second-order valence-electron chi connectivity index (χ2n) is 11.0. The molecule has 9 nitrogen and oxygen atoms in total. The molecule has 1 saturated heterocycles. The number of aromatic nitrogens is 2. The molecular weight excluding hydrogens is 621 g/mol. The molecule has 1 fully saturated rings. The molecule has 238 valence electrons. The van der Waals surface area contributed by atoms with Crippen molar-refractivity contribution in [1.29, 1.82) is 0 Å². The minimum Gasteiger partial charge on any atom is -0.492 e. The second-order valence-corrected chi connectivity index (χ2v) is 11.4. The van der Waals surface area contributed by atoms with Crippen LogP contribution in [0.5, 0.6) is 5.75 Å². The first-order valence-corrected chi connectivity index (χ1v) is 15.2. The topological polar surface area (TPSA) is 99.7 Å². The number of amides is 2. The lowest BCUT2D eigenvalue weighted by Crippen LogP contribution is -2.38.